The van der Waals surface area contributed by atoms with Crippen molar-refractivity contribution in [2.45, 2.75) is 6.67 Å². The van der Waals surface area contributed by atoms with E-state index in [-0.39, 0.29) is 0 Å². The van der Waals surface area contributed by atoms with Crippen LogP contribution in [0.15, 0.2) is 52.9 Å². The molecule has 0 bridgehead atoms. The van der Waals surface area contributed by atoms with E-state index in [4.69, 9.17) is 37.7 Å². The van der Waals surface area contributed by atoms with Crippen LogP contribution in [0.25, 0.3) is 11.5 Å². The maximum Gasteiger partial charge on any atom is 0.288 e. The van der Waals surface area contributed by atoms with Gasteiger partial charge in [-0.1, -0.05) is 35.9 Å². The maximum absolute atomic E-state index is 6.14. The maximum atomic E-state index is 6.14. The molecular weight excluding hydrogens is 436 g/mol. The minimum absolute atomic E-state index is 0.358. The molecule has 164 valence electrons. The van der Waals surface area contributed by atoms with Crippen LogP contribution in [0.1, 0.15) is 0 Å². The molecule has 0 atom stereocenters. The van der Waals surface area contributed by atoms with Crippen molar-refractivity contribution in [1.82, 2.24) is 19.6 Å². The molecule has 1 aliphatic rings. The number of para-hydroxylation sites is 2. The van der Waals surface area contributed by atoms with Crippen molar-refractivity contribution in [2.24, 2.45) is 0 Å². The average Bonchev–Trinajstić information content (AvgIpc) is 3.16. The molecule has 0 spiro atoms. The molecule has 0 aliphatic carbocycles. The number of hydrogen-bond donors (Lipinski definition) is 0. The molecule has 0 amide bonds. The van der Waals surface area contributed by atoms with Crippen LogP contribution in [0.4, 0.5) is 0 Å². The van der Waals surface area contributed by atoms with E-state index >= 15 is 0 Å². The summed E-state index contributed by atoms with van der Waals surface area (Å²) < 4.78 is 18.7. The summed E-state index contributed by atoms with van der Waals surface area (Å²) >= 11 is 11.5. The topological polar surface area (TPSA) is 55.9 Å². The van der Waals surface area contributed by atoms with E-state index in [0.717, 1.165) is 44.0 Å². The Hall–Kier alpha value is -2.39. The van der Waals surface area contributed by atoms with E-state index in [1.165, 1.54) is 0 Å². The van der Waals surface area contributed by atoms with Crippen molar-refractivity contribution < 1.29 is 13.9 Å². The van der Waals surface area contributed by atoms with Crippen molar-refractivity contribution in [1.29, 1.82) is 0 Å². The number of nitrogens with zero attached hydrogens (tertiary/aromatic N) is 4. The van der Waals surface area contributed by atoms with Gasteiger partial charge < -0.3 is 13.9 Å². The number of piperazine rings is 1. The molecule has 0 N–H and O–H groups in total. The Kier molecular flexibility index (Phi) is 7.24. The molecular formula is C22H25ClN4O3S. The first kappa shape index (κ1) is 21.8. The molecule has 1 saturated heterocycles. The SMILES string of the molecule is COc1ccccc1-c1nn(CN2CCN(CCOc3ccccc3Cl)CC2)c(=S)o1. The summed E-state index contributed by atoms with van der Waals surface area (Å²) in [6, 6.07) is 15.2. The molecule has 1 aliphatic heterocycles. The fraction of sp³-hybridized carbons (Fsp3) is 0.364. The Morgan fingerprint density at radius 1 is 1.00 bits per heavy atom. The lowest BCUT2D eigenvalue weighted by Gasteiger charge is -2.34. The number of ether oxygens (including phenoxy) is 2. The standard InChI is InChI=1S/C22H25ClN4O3S/c1-28-19-8-4-2-6-17(19)21-24-27(22(31)30-21)16-26-12-10-25(11-13-26)14-15-29-20-9-5-3-7-18(20)23/h2-9H,10-16H2,1H3. The second-order valence-corrected chi connectivity index (χ2v) is 8.01. The van der Waals surface area contributed by atoms with E-state index < -0.39 is 0 Å². The smallest absolute Gasteiger partial charge is 0.288 e. The van der Waals surface area contributed by atoms with Crippen molar-refractivity contribution in [2.75, 3.05) is 46.4 Å². The first-order valence-electron chi connectivity index (χ1n) is 10.2. The van der Waals surface area contributed by atoms with Gasteiger partial charge in [0.05, 0.1) is 24.4 Å². The van der Waals surface area contributed by atoms with Crippen LogP contribution in [0.2, 0.25) is 5.02 Å². The van der Waals surface area contributed by atoms with Crippen LogP contribution in [0.3, 0.4) is 0 Å². The monoisotopic (exact) mass is 460 g/mol. The number of hydrogen-bond acceptors (Lipinski definition) is 7. The third-order valence-corrected chi connectivity index (χ3v) is 5.85. The molecule has 9 heteroatoms. The van der Waals surface area contributed by atoms with Gasteiger partial charge in [-0.3, -0.25) is 9.80 Å². The number of halogens is 1. The molecule has 1 fully saturated rings. The van der Waals surface area contributed by atoms with Gasteiger partial charge in [-0.05, 0) is 36.5 Å². The van der Waals surface area contributed by atoms with E-state index in [2.05, 4.69) is 14.9 Å². The first-order valence-corrected chi connectivity index (χ1v) is 11.0. The van der Waals surface area contributed by atoms with Crippen molar-refractivity contribution in [3.05, 3.63) is 58.4 Å². The molecule has 7 nitrogen and oxygen atoms in total. The summed E-state index contributed by atoms with van der Waals surface area (Å²) in [5.74, 6) is 1.91. The van der Waals surface area contributed by atoms with Crippen LogP contribution in [-0.2, 0) is 6.67 Å². The molecule has 31 heavy (non-hydrogen) atoms. The summed E-state index contributed by atoms with van der Waals surface area (Å²) in [4.78, 5) is 5.06. The highest BCUT2D eigenvalue weighted by atomic mass is 35.5. The highest BCUT2D eigenvalue weighted by molar-refractivity contribution is 7.71. The highest BCUT2D eigenvalue weighted by Gasteiger charge is 2.19. The lowest BCUT2D eigenvalue weighted by atomic mass is 10.2. The first-order chi connectivity index (χ1) is 15.1. The van der Waals surface area contributed by atoms with E-state index in [1.807, 2.05) is 48.5 Å². The van der Waals surface area contributed by atoms with Gasteiger partial charge in [-0.25, -0.2) is 4.68 Å². The Morgan fingerprint density at radius 2 is 1.68 bits per heavy atom. The summed E-state index contributed by atoms with van der Waals surface area (Å²) in [5.41, 5.74) is 0.790. The fourth-order valence-corrected chi connectivity index (χ4v) is 3.88. The van der Waals surface area contributed by atoms with Crippen molar-refractivity contribution in [3.8, 4) is 23.0 Å². The Morgan fingerprint density at radius 3 is 2.42 bits per heavy atom. The number of benzene rings is 2. The van der Waals surface area contributed by atoms with Gasteiger partial charge >= 0.3 is 0 Å². The number of aromatic nitrogens is 2. The summed E-state index contributed by atoms with van der Waals surface area (Å²) in [7, 11) is 1.63. The normalized spacial score (nSPS) is 15.2. The van der Waals surface area contributed by atoms with E-state index in [1.54, 1.807) is 11.8 Å². The summed E-state index contributed by atoms with van der Waals surface area (Å²) in [6.07, 6.45) is 0. The largest absolute Gasteiger partial charge is 0.496 e. The van der Waals surface area contributed by atoms with Gasteiger partial charge in [0.15, 0.2) is 0 Å². The molecule has 0 radical (unpaired) electrons. The molecule has 4 rings (SSSR count). The number of rotatable bonds is 8. The zero-order valence-corrected chi connectivity index (χ0v) is 18.9. The predicted molar refractivity (Wildman–Crippen MR) is 122 cm³/mol. The highest BCUT2D eigenvalue weighted by Crippen LogP contribution is 2.28. The van der Waals surface area contributed by atoms with Crippen LogP contribution in [-0.4, -0.2) is 66.0 Å². The second-order valence-electron chi connectivity index (χ2n) is 7.25. The van der Waals surface area contributed by atoms with Crippen LogP contribution >= 0.6 is 23.8 Å². The Balaban J connectivity index is 1.28. The average molecular weight is 461 g/mol. The molecule has 2 heterocycles. The second kappa shape index (κ2) is 10.3. The van der Waals surface area contributed by atoms with Crippen molar-refractivity contribution in [3.63, 3.8) is 0 Å². The minimum atomic E-state index is 0.358. The lowest BCUT2D eigenvalue weighted by molar-refractivity contribution is 0.0915. The van der Waals surface area contributed by atoms with Crippen LogP contribution < -0.4 is 9.47 Å². The van der Waals surface area contributed by atoms with Gasteiger partial charge in [0.1, 0.15) is 18.1 Å². The van der Waals surface area contributed by atoms with Gasteiger partial charge in [-0.15, -0.1) is 5.10 Å². The molecule has 0 unspecified atom stereocenters. The van der Waals surface area contributed by atoms with Gasteiger partial charge in [0.25, 0.3) is 10.7 Å². The quantitative estimate of drug-likeness (QED) is 0.467. The minimum Gasteiger partial charge on any atom is -0.496 e. The van der Waals surface area contributed by atoms with Gasteiger partial charge in [0.2, 0.25) is 0 Å². The van der Waals surface area contributed by atoms with Gasteiger partial charge in [-0.2, -0.15) is 0 Å². The molecule has 2 aromatic carbocycles. The summed E-state index contributed by atoms with van der Waals surface area (Å²) in [6.45, 7) is 5.82. The lowest BCUT2D eigenvalue weighted by Crippen LogP contribution is -2.47. The molecule has 1 aromatic heterocycles. The third kappa shape index (κ3) is 5.46. The zero-order valence-electron chi connectivity index (χ0n) is 17.4. The van der Waals surface area contributed by atoms with E-state index in [9.17, 15) is 0 Å². The van der Waals surface area contributed by atoms with Crippen molar-refractivity contribution >= 4 is 23.8 Å². The Bertz CT molecular complexity index is 1060. The molecule has 0 saturated carbocycles. The summed E-state index contributed by atoms with van der Waals surface area (Å²) in [5, 5.41) is 5.21. The number of methoxy groups -OCH3 is 1. The van der Waals surface area contributed by atoms with E-state index in [0.29, 0.717) is 34.8 Å². The van der Waals surface area contributed by atoms with Crippen LogP contribution in [0.5, 0.6) is 11.5 Å². The predicted octanol–water partition coefficient (Wildman–Crippen LogP) is 4.19. The molecule has 3 aromatic rings. The van der Waals surface area contributed by atoms with Gasteiger partial charge in [0, 0.05) is 32.7 Å². The van der Waals surface area contributed by atoms with Crippen LogP contribution in [0, 0.1) is 4.84 Å². The zero-order chi connectivity index (χ0) is 21.6. The fourth-order valence-electron chi connectivity index (χ4n) is 3.52. The third-order valence-electron chi connectivity index (χ3n) is 5.24. The Labute approximate surface area is 191 Å².